The highest BCUT2D eigenvalue weighted by Gasteiger charge is 2.28. The van der Waals surface area contributed by atoms with E-state index in [2.05, 4.69) is 9.97 Å². The SMILES string of the molecule is CCOC(=O)[C@H]1CCCN(c2nccnc2C#N)C1. The molecule has 6 heteroatoms. The van der Waals surface area contributed by atoms with Gasteiger partial charge in [-0.15, -0.1) is 0 Å². The molecule has 2 heterocycles. The van der Waals surface area contributed by atoms with Crippen molar-refractivity contribution in [3.8, 4) is 6.07 Å². The van der Waals surface area contributed by atoms with Crippen molar-refractivity contribution in [3.63, 3.8) is 0 Å². The first-order valence-corrected chi connectivity index (χ1v) is 6.39. The number of hydrogen-bond donors (Lipinski definition) is 0. The molecule has 1 aliphatic rings. The van der Waals surface area contributed by atoms with Gasteiger partial charge in [-0.1, -0.05) is 0 Å². The van der Waals surface area contributed by atoms with Crippen LogP contribution in [-0.2, 0) is 9.53 Å². The summed E-state index contributed by atoms with van der Waals surface area (Å²) in [4.78, 5) is 21.9. The number of carbonyl (C=O) groups is 1. The zero-order chi connectivity index (χ0) is 13.7. The summed E-state index contributed by atoms with van der Waals surface area (Å²) in [6, 6.07) is 2.03. The van der Waals surface area contributed by atoms with Crippen LogP contribution < -0.4 is 4.90 Å². The molecule has 1 atom stereocenters. The number of esters is 1. The number of hydrogen-bond acceptors (Lipinski definition) is 6. The third kappa shape index (κ3) is 2.99. The van der Waals surface area contributed by atoms with Crippen LogP contribution in [0.15, 0.2) is 12.4 Å². The first kappa shape index (κ1) is 13.3. The molecule has 1 aliphatic heterocycles. The van der Waals surface area contributed by atoms with Crippen LogP contribution in [0.1, 0.15) is 25.5 Å². The number of nitriles is 1. The van der Waals surface area contributed by atoms with Gasteiger partial charge in [-0.05, 0) is 19.8 Å². The van der Waals surface area contributed by atoms with E-state index < -0.39 is 0 Å². The Morgan fingerprint density at radius 2 is 2.37 bits per heavy atom. The minimum Gasteiger partial charge on any atom is -0.466 e. The maximum absolute atomic E-state index is 11.8. The molecular formula is C13H16N4O2. The molecule has 0 N–H and O–H groups in total. The Labute approximate surface area is 112 Å². The molecule has 19 heavy (non-hydrogen) atoms. The van der Waals surface area contributed by atoms with Gasteiger partial charge in [-0.25, -0.2) is 9.97 Å². The van der Waals surface area contributed by atoms with Gasteiger partial charge in [0, 0.05) is 25.5 Å². The summed E-state index contributed by atoms with van der Waals surface area (Å²) in [5.74, 6) is 0.232. The van der Waals surface area contributed by atoms with E-state index in [9.17, 15) is 4.79 Å². The van der Waals surface area contributed by atoms with Gasteiger partial charge in [0.2, 0.25) is 0 Å². The number of piperidine rings is 1. The Bertz CT molecular complexity index is 498. The molecule has 0 aliphatic carbocycles. The summed E-state index contributed by atoms with van der Waals surface area (Å²) in [7, 11) is 0. The lowest BCUT2D eigenvalue weighted by molar-refractivity contribution is -0.148. The van der Waals surface area contributed by atoms with Crippen molar-refractivity contribution in [2.75, 3.05) is 24.6 Å². The van der Waals surface area contributed by atoms with E-state index in [1.807, 2.05) is 11.0 Å². The lowest BCUT2D eigenvalue weighted by atomic mass is 9.98. The number of nitrogens with zero attached hydrogens (tertiary/aromatic N) is 4. The fraction of sp³-hybridized carbons (Fsp3) is 0.538. The molecule has 1 fully saturated rings. The maximum atomic E-state index is 11.8. The Morgan fingerprint density at radius 1 is 1.58 bits per heavy atom. The van der Waals surface area contributed by atoms with Crippen LogP contribution in [0.3, 0.4) is 0 Å². The summed E-state index contributed by atoms with van der Waals surface area (Å²) in [6.07, 6.45) is 4.75. The first-order chi connectivity index (χ1) is 9.26. The number of carbonyl (C=O) groups excluding carboxylic acids is 1. The second-order valence-electron chi connectivity index (χ2n) is 4.38. The molecular weight excluding hydrogens is 244 g/mol. The summed E-state index contributed by atoms with van der Waals surface area (Å²) >= 11 is 0. The Hall–Kier alpha value is -2.16. The molecule has 1 saturated heterocycles. The van der Waals surface area contributed by atoms with Crippen molar-refractivity contribution < 1.29 is 9.53 Å². The van der Waals surface area contributed by atoms with Crippen molar-refractivity contribution in [3.05, 3.63) is 18.1 Å². The molecule has 0 unspecified atom stereocenters. The quantitative estimate of drug-likeness (QED) is 0.758. The monoisotopic (exact) mass is 260 g/mol. The largest absolute Gasteiger partial charge is 0.466 e. The van der Waals surface area contributed by atoms with E-state index in [4.69, 9.17) is 10.00 Å². The fourth-order valence-electron chi connectivity index (χ4n) is 2.26. The van der Waals surface area contributed by atoms with Gasteiger partial charge in [0.25, 0.3) is 0 Å². The molecule has 0 saturated carbocycles. The maximum Gasteiger partial charge on any atom is 0.310 e. The van der Waals surface area contributed by atoms with E-state index in [1.54, 1.807) is 13.1 Å². The smallest absolute Gasteiger partial charge is 0.310 e. The predicted octanol–water partition coefficient (Wildman–Crippen LogP) is 1.13. The third-order valence-electron chi connectivity index (χ3n) is 3.13. The van der Waals surface area contributed by atoms with Crippen LogP contribution in [0.2, 0.25) is 0 Å². The fourth-order valence-corrected chi connectivity index (χ4v) is 2.26. The van der Waals surface area contributed by atoms with Crippen molar-refractivity contribution in [2.45, 2.75) is 19.8 Å². The Balaban J connectivity index is 2.13. The lowest BCUT2D eigenvalue weighted by Gasteiger charge is -2.32. The molecule has 0 amide bonds. The van der Waals surface area contributed by atoms with Crippen molar-refractivity contribution in [1.29, 1.82) is 5.26 Å². The van der Waals surface area contributed by atoms with E-state index in [-0.39, 0.29) is 11.9 Å². The Kier molecular flexibility index (Phi) is 4.29. The molecule has 0 radical (unpaired) electrons. The van der Waals surface area contributed by atoms with Crippen LogP contribution >= 0.6 is 0 Å². The van der Waals surface area contributed by atoms with Crippen LogP contribution in [0.25, 0.3) is 0 Å². The van der Waals surface area contributed by atoms with Gasteiger partial charge in [0.05, 0.1) is 12.5 Å². The highest BCUT2D eigenvalue weighted by molar-refractivity contribution is 5.73. The summed E-state index contributed by atoms with van der Waals surface area (Å²) in [5, 5.41) is 9.04. The lowest BCUT2D eigenvalue weighted by Crippen LogP contribution is -2.40. The summed E-state index contributed by atoms with van der Waals surface area (Å²) in [6.45, 7) is 3.51. The molecule has 2 rings (SSSR count). The molecule has 0 spiro atoms. The van der Waals surface area contributed by atoms with Gasteiger partial charge in [0.15, 0.2) is 11.5 Å². The predicted molar refractivity (Wildman–Crippen MR) is 68.3 cm³/mol. The van der Waals surface area contributed by atoms with E-state index in [0.29, 0.717) is 24.7 Å². The minimum absolute atomic E-state index is 0.151. The zero-order valence-electron chi connectivity index (χ0n) is 10.9. The van der Waals surface area contributed by atoms with Gasteiger partial charge >= 0.3 is 5.97 Å². The van der Waals surface area contributed by atoms with E-state index in [0.717, 1.165) is 19.4 Å². The summed E-state index contributed by atoms with van der Waals surface area (Å²) < 4.78 is 5.06. The standard InChI is InChI=1S/C13H16N4O2/c1-2-19-13(18)10-4-3-7-17(9-10)12-11(8-14)15-5-6-16-12/h5-6,10H,2-4,7,9H2,1H3/t10-/m0/s1. The van der Waals surface area contributed by atoms with Crippen LogP contribution in [0.5, 0.6) is 0 Å². The average molecular weight is 260 g/mol. The third-order valence-corrected chi connectivity index (χ3v) is 3.13. The van der Waals surface area contributed by atoms with Crippen molar-refractivity contribution in [2.24, 2.45) is 5.92 Å². The van der Waals surface area contributed by atoms with Crippen LogP contribution in [0.4, 0.5) is 5.82 Å². The van der Waals surface area contributed by atoms with Gasteiger partial charge in [0.1, 0.15) is 6.07 Å². The number of aromatic nitrogens is 2. The van der Waals surface area contributed by atoms with Crippen molar-refractivity contribution in [1.82, 2.24) is 9.97 Å². The second-order valence-corrected chi connectivity index (χ2v) is 4.38. The van der Waals surface area contributed by atoms with Gasteiger partial charge in [-0.2, -0.15) is 5.26 Å². The molecule has 6 nitrogen and oxygen atoms in total. The van der Waals surface area contributed by atoms with Crippen LogP contribution in [0, 0.1) is 17.2 Å². The normalized spacial score (nSPS) is 18.7. The molecule has 0 bridgehead atoms. The Morgan fingerprint density at radius 3 is 3.11 bits per heavy atom. The number of ether oxygens (including phenoxy) is 1. The van der Waals surface area contributed by atoms with Gasteiger partial charge in [-0.3, -0.25) is 4.79 Å². The second kappa shape index (κ2) is 6.14. The van der Waals surface area contributed by atoms with Crippen molar-refractivity contribution >= 4 is 11.8 Å². The highest BCUT2D eigenvalue weighted by Crippen LogP contribution is 2.23. The minimum atomic E-state index is -0.172. The van der Waals surface area contributed by atoms with Crippen LogP contribution in [-0.4, -0.2) is 35.6 Å². The summed E-state index contributed by atoms with van der Waals surface area (Å²) in [5.41, 5.74) is 0.298. The van der Waals surface area contributed by atoms with E-state index in [1.165, 1.54) is 6.20 Å². The molecule has 100 valence electrons. The molecule has 1 aromatic rings. The van der Waals surface area contributed by atoms with E-state index >= 15 is 0 Å². The zero-order valence-corrected chi connectivity index (χ0v) is 10.9. The van der Waals surface area contributed by atoms with Gasteiger partial charge < -0.3 is 9.64 Å². The molecule has 1 aromatic heterocycles. The number of anilines is 1. The first-order valence-electron chi connectivity index (χ1n) is 6.39. The highest BCUT2D eigenvalue weighted by atomic mass is 16.5. The molecule has 0 aromatic carbocycles. The average Bonchev–Trinajstić information content (AvgIpc) is 2.47. The topological polar surface area (TPSA) is 79.1 Å². The number of rotatable bonds is 3.